The first kappa shape index (κ1) is 17.0. The quantitative estimate of drug-likeness (QED) is 0.876. The molecular weight excluding hydrogens is 276 g/mol. The molecule has 122 valence electrons. The van der Waals surface area contributed by atoms with Gasteiger partial charge in [0, 0.05) is 18.7 Å². The van der Waals surface area contributed by atoms with E-state index < -0.39 is 6.10 Å². The Morgan fingerprint density at radius 1 is 1.32 bits per heavy atom. The smallest absolute Gasteiger partial charge is 0.251 e. The van der Waals surface area contributed by atoms with Gasteiger partial charge in [0.05, 0.1) is 6.10 Å². The zero-order valence-electron chi connectivity index (χ0n) is 13.9. The molecule has 0 aliphatic carbocycles. The molecular formula is C18H28N2O2. The number of aryl methyl sites for hydroxylation is 2. The Balaban J connectivity index is 1.81. The lowest BCUT2D eigenvalue weighted by atomic mass is 9.99. The number of carbonyl (C=O) groups is 1. The number of β-amino-alcohol motifs (C(OH)–C–C–N with tert-alkyl or cyclic N) is 1. The number of aliphatic hydroxyl groups is 1. The molecule has 0 saturated carbocycles. The minimum atomic E-state index is -0.512. The number of hydrogen-bond acceptors (Lipinski definition) is 3. The molecule has 1 unspecified atom stereocenters. The maximum absolute atomic E-state index is 12.3. The van der Waals surface area contributed by atoms with Crippen LogP contribution in [0.5, 0.6) is 0 Å². The monoisotopic (exact) mass is 304 g/mol. The van der Waals surface area contributed by atoms with Gasteiger partial charge in [0.1, 0.15) is 0 Å². The first-order chi connectivity index (χ1) is 10.5. The predicted molar refractivity (Wildman–Crippen MR) is 89.1 cm³/mol. The van der Waals surface area contributed by atoms with E-state index >= 15 is 0 Å². The van der Waals surface area contributed by atoms with E-state index in [-0.39, 0.29) is 5.91 Å². The van der Waals surface area contributed by atoms with E-state index in [1.54, 1.807) is 0 Å². The van der Waals surface area contributed by atoms with E-state index in [0.29, 0.717) is 13.1 Å². The maximum atomic E-state index is 12.3. The minimum Gasteiger partial charge on any atom is -0.390 e. The number of amides is 1. The van der Waals surface area contributed by atoms with Crippen LogP contribution in [0.3, 0.4) is 0 Å². The molecule has 4 nitrogen and oxygen atoms in total. The van der Waals surface area contributed by atoms with Crippen LogP contribution in [0.15, 0.2) is 18.2 Å². The zero-order chi connectivity index (χ0) is 16.1. The highest BCUT2D eigenvalue weighted by Crippen LogP contribution is 2.16. The lowest BCUT2D eigenvalue weighted by molar-refractivity contribution is 0.0794. The van der Waals surface area contributed by atoms with Crippen molar-refractivity contribution in [2.24, 2.45) is 5.92 Å². The number of hydrogen-bond donors (Lipinski definition) is 2. The first-order valence-electron chi connectivity index (χ1n) is 8.22. The van der Waals surface area contributed by atoms with E-state index in [0.717, 1.165) is 35.7 Å². The molecule has 2 N–H and O–H groups in total. The standard InChI is InChI=1S/C18H28N2O2/c1-13-7-9-20(10-8-13)12-16(21)11-19-18(22)17-14(2)5-4-6-15(17)3/h4-6,13,16,21H,7-12H2,1-3H3,(H,19,22). The largest absolute Gasteiger partial charge is 0.390 e. The highest BCUT2D eigenvalue weighted by molar-refractivity contribution is 5.97. The van der Waals surface area contributed by atoms with Crippen molar-refractivity contribution in [1.82, 2.24) is 10.2 Å². The fourth-order valence-electron chi connectivity index (χ4n) is 3.08. The average molecular weight is 304 g/mol. The second-order valence-electron chi connectivity index (χ2n) is 6.61. The summed E-state index contributed by atoms with van der Waals surface area (Å²) in [4.78, 5) is 14.6. The molecule has 1 aliphatic rings. The van der Waals surface area contributed by atoms with E-state index in [1.165, 1.54) is 12.8 Å². The lowest BCUT2D eigenvalue weighted by Crippen LogP contribution is -2.43. The van der Waals surface area contributed by atoms with Gasteiger partial charge in [-0.2, -0.15) is 0 Å². The second kappa shape index (κ2) is 7.75. The molecule has 1 heterocycles. The van der Waals surface area contributed by atoms with Gasteiger partial charge in [-0.3, -0.25) is 4.79 Å². The number of nitrogens with one attached hydrogen (secondary N) is 1. The third kappa shape index (κ3) is 4.55. The van der Waals surface area contributed by atoms with Crippen LogP contribution >= 0.6 is 0 Å². The van der Waals surface area contributed by atoms with Gasteiger partial charge in [0.2, 0.25) is 0 Å². The van der Waals surface area contributed by atoms with E-state index in [1.807, 2.05) is 32.0 Å². The summed E-state index contributed by atoms with van der Waals surface area (Å²) in [6, 6.07) is 5.83. The Bertz CT molecular complexity index is 488. The highest BCUT2D eigenvalue weighted by atomic mass is 16.3. The van der Waals surface area contributed by atoms with Gasteiger partial charge in [-0.25, -0.2) is 0 Å². The molecule has 0 radical (unpaired) electrons. The van der Waals surface area contributed by atoms with E-state index in [9.17, 15) is 9.90 Å². The van der Waals surface area contributed by atoms with Crippen molar-refractivity contribution in [3.63, 3.8) is 0 Å². The lowest BCUT2D eigenvalue weighted by Gasteiger charge is -2.31. The molecule has 0 aromatic heterocycles. The highest BCUT2D eigenvalue weighted by Gasteiger charge is 2.19. The molecule has 1 aromatic rings. The van der Waals surface area contributed by atoms with Crippen molar-refractivity contribution < 1.29 is 9.90 Å². The Morgan fingerprint density at radius 2 is 1.91 bits per heavy atom. The van der Waals surface area contributed by atoms with Gasteiger partial charge < -0.3 is 15.3 Å². The number of likely N-dealkylation sites (tertiary alicyclic amines) is 1. The summed E-state index contributed by atoms with van der Waals surface area (Å²) in [6.07, 6.45) is 1.88. The minimum absolute atomic E-state index is 0.0954. The molecule has 0 bridgehead atoms. The van der Waals surface area contributed by atoms with Crippen LogP contribution in [0.25, 0.3) is 0 Å². The summed E-state index contributed by atoms with van der Waals surface area (Å²) in [5.74, 6) is 0.694. The van der Waals surface area contributed by atoms with Crippen molar-refractivity contribution in [3.8, 4) is 0 Å². The van der Waals surface area contributed by atoms with Crippen LogP contribution in [0.2, 0.25) is 0 Å². The van der Waals surface area contributed by atoms with Crippen LogP contribution in [0, 0.1) is 19.8 Å². The maximum Gasteiger partial charge on any atom is 0.251 e. The van der Waals surface area contributed by atoms with Gasteiger partial charge in [0.25, 0.3) is 5.91 Å². The van der Waals surface area contributed by atoms with Crippen molar-refractivity contribution in [3.05, 3.63) is 34.9 Å². The Morgan fingerprint density at radius 3 is 2.50 bits per heavy atom. The number of piperidine rings is 1. The molecule has 1 fully saturated rings. The molecule has 1 amide bonds. The van der Waals surface area contributed by atoms with Crippen LogP contribution in [0.4, 0.5) is 0 Å². The van der Waals surface area contributed by atoms with Gasteiger partial charge in [-0.1, -0.05) is 25.1 Å². The number of aliphatic hydroxyl groups excluding tert-OH is 1. The fourth-order valence-corrected chi connectivity index (χ4v) is 3.08. The molecule has 4 heteroatoms. The van der Waals surface area contributed by atoms with Crippen molar-refractivity contribution in [2.45, 2.75) is 39.7 Å². The second-order valence-corrected chi connectivity index (χ2v) is 6.61. The molecule has 2 rings (SSSR count). The van der Waals surface area contributed by atoms with Crippen LogP contribution in [-0.2, 0) is 0 Å². The van der Waals surface area contributed by atoms with Gasteiger partial charge >= 0.3 is 0 Å². The summed E-state index contributed by atoms with van der Waals surface area (Å²) in [7, 11) is 0. The van der Waals surface area contributed by atoms with Crippen LogP contribution < -0.4 is 5.32 Å². The number of nitrogens with zero attached hydrogens (tertiary/aromatic N) is 1. The number of carbonyl (C=O) groups excluding carboxylic acids is 1. The Labute approximate surface area is 133 Å². The Hall–Kier alpha value is -1.39. The van der Waals surface area contributed by atoms with Gasteiger partial charge in [0.15, 0.2) is 0 Å². The molecule has 1 aliphatic heterocycles. The average Bonchev–Trinajstić information content (AvgIpc) is 2.47. The molecule has 0 spiro atoms. The summed E-state index contributed by atoms with van der Waals surface area (Å²) in [5, 5.41) is 13.0. The number of benzene rings is 1. The van der Waals surface area contributed by atoms with Crippen LogP contribution in [0.1, 0.15) is 41.3 Å². The number of rotatable bonds is 5. The van der Waals surface area contributed by atoms with E-state index in [2.05, 4.69) is 17.1 Å². The molecule has 1 saturated heterocycles. The van der Waals surface area contributed by atoms with E-state index in [4.69, 9.17) is 0 Å². The zero-order valence-corrected chi connectivity index (χ0v) is 13.9. The third-order valence-electron chi connectivity index (χ3n) is 4.55. The van der Waals surface area contributed by atoms with Gasteiger partial charge in [-0.15, -0.1) is 0 Å². The SMILES string of the molecule is Cc1cccc(C)c1C(=O)NCC(O)CN1CCC(C)CC1. The van der Waals surface area contributed by atoms with Gasteiger partial charge in [-0.05, 0) is 56.8 Å². The summed E-state index contributed by atoms with van der Waals surface area (Å²) in [6.45, 7) is 9.18. The molecule has 1 aromatic carbocycles. The topological polar surface area (TPSA) is 52.6 Å². The first-order valence-corrected chi connectivity index (χ1v) is 8.22. The summed E-state index contributed by atoms with van der Waals surface area (Å²) < 4.78 is 0. The predicted octanol–water partition coefficient (Wildman–Crippen LogP) is 2.13. The molecule has 22 heavy (non-hydrogen) atoms. The fraction of sp³-hybridized carbons (Fsp3) is 0.611. The Kier molecular flexibility index (Phi) is 5.98. The van der Waals surface area contributed by atoms with Crippen molar-refractivity contribution in [2.75, 3.05) is 26.2 Å². The van der Waals surface area contributed by atoms with Crippen molar-refractivity contribution >= 4 is 5.91 Å². The third-order valence-corrected chi connectivity index (χ3v) is 4.55. The van der Waals surface area contributed by atoms with Crippen molar-refractivity contribution in [1.29, 1.82) is 0 Å². The summed E-state index contributed by atoms with van der Waals surface area (Å²) in [5.41, 5.74) is 2.66. The van der Waals surface area contributed by atoms with Crippen LogP contribution in [-0.4, -0.2) is 48.2 Å². The normalized spacial score (nSPS) is 18.2. The molecule has 1 atom stereocenters. The summed E-state index contributed by atoms with van der Waals surface area (Å²) >= 11 is 0.